The first-order chi connectivity index (χ1) is 7.92. The minimum atomic E-state index is 0.537. The molecule has 0 aromatic carbocycles. The van der Waals surface area contributed by atoms with Gasteiger partial charge in [0.1, 0.15) is 5.76 Å². The molecule has 3 rings (SSSR count). The standard InChI is InChI=1S/C12H15N3O/c1-2-11(16-5-1)8-13-10-3-4-12-9(6-10)7-14-15-12/h1-2,5,7,10,13H,3-4,6,8H2,(H,14,15). The fourth-order valence-electron chi connectivity index (χ4n) is 2.25. The van der Waals surface area contributed by atoms with Gasteiger partial charge in [-0.1, -0.05) is 0 Å². The van der Waals surface area contributed by atoms with Crippen LogP contribution in [0.4, 0.5) is 0 Å². The van der Waals surface area contributed by atoms with Crippen molar-refractivity contribution >= 4 is 0 Å². The van der Waals surface area contributed by atoms with Gasteiger partial charge in [-0.05, 0) is 37.0 Å². The van der Waals surface area contributed by atoms with Crippen molar-refractivity contribution < 1.29 is 4.42 Å². The fourth-order valence-corrected chi connectivity index (χ4v) is 2.25. The highest BCUT2D eigenvalue weighted by Crippen LogP contribution is 2.19. The van der Waals surface area contributed by atoms with E-state index >= 15 is 0 Å². The number of hydrogen-bond acceptors (Lipinski definition) is 3. The van der Waals surface area contributed by atoms with Gasteiger partial charge < -0.3 is 9.73 Å². The number of nitrogens with one attached hydrogen (secondary N) is 2. The molecule has 0 fully saturated rings. The lowest BCUT2D eigenvalue weighted by Crippen LogP contribution is -2.33. The zero-order chi connectivity index (χ0) is 10.8. The summed E-state index contributed by atoms with van der Waals surface area (Å²) in [6.45, 7) is 0.810. The smallest absolute Gasteiger partial charge is 0.117 e. The lowest BCUT2D eigenvalue weighted by atomic mass is 9.93. The molecule has 4 heteroatoms. The maximum Gasteiger partial charge on any atom is 0.117 e. The van der Waals surface area contributed by atoms with Crippen LogP contribution in [0, 0.1) is 0 Å². The van der Waals surface area contributed by atoms with E-state index in [1.54, 1.807) is 6.26 Å². The van der Waals surface area contributed by atoms with Gasteiger partial charge >= 0.3 is 0 Å². The molecular formula is C12H15N3O. The SMILES string of the molecule is c1coc(CNC2CCc3[nH]ncc3C2)c1. The second-order valence-electron chi connectivity index (χ2n) is 4.27. The summed E-state index contributed by atoms with van der Waals surface area (Å²) >= 11 is 0. The van der Waals surface area contributed by atoms with Gasteiger partial charge in [-0.15, -0.1) is 0 Å². The molecule has 1 aliphatic carbocycles. The summed E-state index contributed by atoms with van der Waals surface area (Å²) in [6.07, 6.45) is 6.97. The van der Waals surface area contributed by atoms with E-state index < -0.39 is 0 Å². The van der Waals surface area contributed by atoms with Gasteiger partial charge in [0.05, 0.1) is 19.0 Å². The van der Waals surface area contributed by atoms with Crippen molar-refractivity contribution in [2.24, 2.45) is 0 Å². The van der Waals surface area contributed by atoms with Crippen LogP contribution >= 0.6 is 0 Å². The molecule has 4 nitrogen and oxygen atoms in total. The summed E-state index contributed by atoms with van der Waals surface area (Å²) in [4.78, 5) is 0. The Morgan fingerprint density at radius 2 is 2.56 bits per heavy atom. The van der Waals surface area contributed by atoms with Crippen LogP contribution in [-0.4, -0.2) is 16.2 Å². The topological polar surface area (TPSA) is 53.9 Å². The Bertz CT molecular complexity index is 447. The van der Waals surface area contributed by atoms with Crippen LogP contribution in [0.25, 0.3) is 0 Å². The van der Waals surface area contributed by atoms with Crippen LogP contribution in [-0.2, 0) is 19.4 Å². The van der Waals surface area contributed by atoms with E-state index in [4.69, 9.17) is 4.42 Å². The van der Waals surface area contributed by atoms with Gasteiger partial charge in [0, 0.05) is 11.7 Å². The minimum Gasteiger partial charge on any atom is -0.468 e. The number of furan rings is 1. The maximum absolute atomic E-state index is 5.30. The second kappa shape index (κ2) is 4.14. The summed E-state index contributed by atoms with van der Waals surface area (Å²) < 4.78 is 5.30. The predicted octanol–water partition coefficient (Wildman–Crippen LogP) is 1.65. The molecule has 2 N–H and O–H groups in total. The first-order valence-electron chi connectivity index (χ1n) is 5.69. The molecule has 0 aliphatic heterocycles. The van der Waals surface area contributed by atoms with Gasteiger partial charge in [-0.25, -0.2) is 0 Å². The van der Waals surface area contributed by atoms with E-state index in [0.717, 1.165) is 31.6 Å². The van der Waals surface area contributed by atoms with E-state index in [2.05, 4.69) is 15.5 Å². The van der Waals surface area contributed by atoms with Crippen molar-refractivity contribution in [3.63, 3.8) is 0 Å². The highest BCUT2D eigenvalue weighted by atomic mass is 16.3. The third kappa shape index (κ3) is 1.88. The molecule has 1 atom stereocenters. The lowest BCUT2D eigenvalue weighted by molar-refractivity contribution is 0.415. The Kier molecular flexibility index (Phi) is 2.50. The largest absolute Gasteiger partial charge is 0.468 e. The fraction of sp³-hybridized carbons (Fsp3) is 0.417. The third-order valence-electron chi connectivity index (χ3n) is 3.16. The number of aryl methyl sites for hydroxylation is 1. The summed E-state index contributed by atoms with van der Waals surface area (Å²) in [5.74, 6) is 0.998. The first kappa shape index (κ1) is 9.66. The van der Waals surface area contributed by atoms with E-state index in [-0.39, 0.29) is 0 Å². The molecule has 0 bridgehead atoms. The molecule has 0 saturated carbocycles. The average Bonchev–Trinajstić information content (AvgIpc) is 2.97. The van der Waals surface area contributed by atoms with Crippen molar-refractivity contribution in [2.45, 2.75) is 31.8 Å². The molecule has 0 radical (unpaired) electrons. The van der Waals surface area contributed by atoms with Crippen LogP contribution in [0.3, 0.4) is 0 Å². The van der Waals surface area contributed by atoms with Crippen molar-refractivity contribution in [2.75, 3.05) is 0 Å². The average molecular weight is 217 g/mol. The highest BCUT2D eigenvalue weighted by Gasteiger charge is 2.19. The van der Waals surface area contributed by atoms with E-state index in [1.165, 1.54) is 11.3 Å². The molecule has 2 heterocycles. The number of aromatic nitrogens is 2. The van der Waals surface area contributed by atoms with E-state index in [0.29, 0.717) is 6.04 Å². The predicted molar refractivity (Wildman–Crippen MR) is 59.9 cm³/mol. The van der Waals surface area contributed by atoms with Gasteiger partial charge in [-0.3, -0.25) is 5.10 Å². The van der Waals surface area contributed by atoms with E-state index in [1.807, 2.05) is 18.3 Å². The molecule has 0 saturated heterocycles. The summed E-state index contributed by atoms with van der Waals surface area (Å²) in [5, 5.41) is 10.6. The van der Waals surface area contributed by atoms with Crippen LogP contribution in [0.1, 0.15) is 23.4 Å². The zero-order valence-electron chi connectivity index (χ0n) is 9.07. The third-order valence-corrected chi connectivity index (χ3v) is 3.16. The highest BCUT2D eigenvalue weighted by molar-refractivity contribution is 5.21. The van der Waals surface area contributed by atoms with Crippen LogP contribution in [0.5, 0.6) is 0 Å². The first-order valence-corrected chi connectivity index (χ1v) is 5.69. The Morgan fingerprint density at radius 1 is 1.56 bits per heavy atom. The van der Waals surface area contributed by atoms with Crippen LogP contribution in [0.15, 0.2) is 29.0 Å². The van der Waals surface area contributed by atoms with Gasteiger partial charge in [0.15, 0.2) is 0 Å². The molecule has 1 unspecified atom stereocenters. The minimum absolute atomic E-state index is 0.537. The molecular weight excluding hydrogens is 202 g/mol. The zero-order valence-corrected chi connectivity index (χ0v) is 9.07. The Balaban J connectivity index is 1.58. The molecule has 0 spiro atoms. The van der Waals surface area contributed by atoms with Crippen molar-refractivity contribution in [1.29, 1.82) is 0 Å². The number of rotatable bonds is 3. The Labute approximate surface area is 94.0 Å². The maximum atomic E-state index is 5.30. The number of H-pyrrole nitrogens is 1. The van der Waals surface area contributed by atoms with Gasteiger partial charge in [-0.2, -0.15) is 5.10 Å². The lowest BCUT2D eigenvalue weighted by Gasteiger charge is -2.22. The summed E-state index contributed by atoms with van der Waals surface area (Å²) in [5.41, 5.74) is 2.65. The molecule has 2 aromatic heterocycles. The van der Waals surface area contributed by atoms with Gasteiger partial charge in [0.2, 0.25) is 0 Å². The van der Waals surface area contributed by atoms with Crippen LogP contribution < -0.4 is 5.32 Å². The van der Waals surface area contributed by atoms with Crippen molar-refractivity contribution in [3.05, 3.63) is 41.6 Å². The van der Waals surface area contributed by atoms with E-state index in [9.17, 15) is 0 Å². The quantitative estimate of drug-likeness (QED) is 0.822. The van der Waals surface area contributed by atoms with Gasteiger partial charge in [0.25, 0.3) is 0 Å². The Hall–Kier alpha value is -1.55. The summed E-state index contributed by atoms with van der Waals surface area (Å²) in [7, 11) is 0. The second-order valence-corrected chi connectivity index (χ2v) is 4.27. The molecule has 2 aromatic rings. The molecule has 1 aliphatic rings. The molecule has 84 valence electrons. The van der Waals surface area contributed by atoms with Crippen molar-refractivity contribution in [1.82, 2.24) is 15.5 Å². The summed E-state index contributed by atoms with van der Waals surface area (Å²) in [6, 6.07) is 4.46. The molecule has 16 heavy (non-hydrogen) atoms. The number of fused-ring (bicyclic) bond motifs is 1. The number of aromatic amines is 1. The van der Waals surface area contributed by atoms with Crippen LogP contribution in [0.2, 0.25) is 0 Å². The number of hydrogen-bond donors (Lipinski definition) is 2. The molecule has 0 amide bonds. The van der Waals surface area contributed by atoms with Crippen molar-refractivity contribution in [3.8, 4) is 0 Å². The Morgan fingerprint density at radius 3 is 3.44 bits per heavy atom. The number of nitrogens with zero attached hydrogens (tertiary/aromatic N) is 1. The normalized spacial score (nSPS) is 19.6. The monoisotopic (exact) mass is 217 g/mol.